The second-order valence-corrected chi connectivity index (χ2v) is 2.23. The van der Waals surface area contributed by atoms with Gasteiger partial charge < -0.3 is 9.64 Å². The van der Waals surface area contributed by atoms with Crippen molar-refractivity contribution >= 4 is 5.91 Å². The predicted octanol–water partition coefficient (Wildman–Crippen LogP) is 0.211. The lowest BCUT2D eigenvalue weighted by atomic mass is 10.4. The number of hydrogen-bond acceptors (Lipinski definition) is 2. The fraction of sp³-hybridized carbons (Fsp3) is 0.833. The van der Waals surface area contributed by atoms with Gasteiger partial charge in [0.2, 0.25) is 5.91 Å². The molecule has 0 aromatic carbocycles. The van der Waals surface area contributed by atoms with Crippen LogP contribution in [0.15, 0.2) is 0 Å². The van der Waals surface area contributed by atoms with Crippen LogP contribution >= 0.6 is 0 Å². The molecule has 0 bridgehead atoms. The molecule has 1 atom stereocenters. The number of amides is 1. The van der Waals surface area contributed by atoms with E-state index in [0.717, 1.165) is 6.42 Å². The van der Waals surface area contributed by atoms with Crippen molar-refractivity contribution < 1.29 is 9.53 Å². The van der Waals surface area contributed by atoms with Crippen LogP contribution in [0, 0.1) is 0 Å². The summed E-state index contributed by atoms with van der Waals surface area (Å²) >= 11 is 0. The van der Waals surface area contributed by atoms with Gasteiger partial charge in [-0.15, -0.1) is 0 Å². The normalized spacial score (nSPS) is 27.6. The Morgan fingerprint density at radius 1 is 1.78 bits per heavy atom. The van der Waals surface area contributed by atoms with Crippen LogP contribution in [0.1, 0.15) is 12.8 Å². The van der Waals surface area contributed by atoms with Gasteiger partial charge in [0.15, 0.2) is 0 Å². The molecule has 0 aliphatic carbocycles. The molecule has 1 aliphatic heterocycles. The van der Waals surface area contributed by atoms with Gasteiger partial charge in [-0.3, -0.25) is 4.79 Å². The van der Waals surface area contributed by atoms with Gasteiger partial charge in [-0.25, -0.2) is 0 Å². The third-order valence-corrected chi connectivity index (χ3v) is 1.70. The van der Waals surface area contributed by atoms with Gasteiger partial charge in [0.1, 0.15) is 6.23 Å². The predicted molar refractivity (Wildman–Crippen MR) is 32.8 cm³/mol. The first-order valence-corrected chi connectivity index (χ1v) is 3.04. The Morgan fingerprint density at radius 2 is 2.44 bits per heavy atom. The summed E-state index contributed by atoms with van der Waals surface area (Å²) in [5.41, 5.74) is 0. The van der Waals surface area contributed by atoms with E-state index >= 15 is 0 Å². The highest BCUT2D eigenvalue weighted by molar-refractivity contribution is 5.78. The van der Waals surface area contributed by atoms with E-state index in [1.54, 1.807) is 19.1 Å². The number of rotatable bonds is 1. The highest BCUT2D eigenvalue weighted by Gasteiger charge is 2.26. The minimum atomic E-state index is 0.0255. The zero-order chi connectivity index (χ0) is 6.85. The average Bonchev–Trinajstić information content (AvgIpc) is 2.15. The summed E-state index contributed by atoms with van der Waals surface area (Å²) < 4.78 is 5.00. The summed E-state index contributed by atoms with van der Waals surface area (Å²) in [6.07, 6.45) is 1.50. The quantitative estimate of drug-likeness (QED) is 0.506. The minimum absolute atomic E-state index is 0.0255. The highest BCUT2D eigenvalue weighted by Crippen LogP contribution is 2.15. The number of carbonyl (C=O) groups excluding carboxylic acids is 1. The first-order chi connectivity index (χ1) is 4.25. The van der Waals surface area contributed by atoms with Crippen molar-refractivity contribution in [2.75, 3.05) is 14.2 Å². The number of nitrogens with zero attached hydrogens (tertiary/aromatic N) is 1. The van der Waals surface area contributed by atoms with Crippen LogP contribution in [0.4, 0.5) is 0 Å². The van der Waals surface area contributed by atoms with Crippen molar-refractivity contribution in [3.63, 3.8) is 0 Å². The standard InChI is InChI=1S/C6H11NO2/c1-7-5(8)3-4-6(7)9-2/h6H,3-4H2,1-2H3/t6-/m1/s1. The zero-order valence-electron chi connectivity index (χ0n) is 5.76. The van der Waals surface area contributed by atoms with Crippen LogP contribution < -0.4 is 0 Å². The highest BCUT2D eigenvalue weighted by atomic mass is 16.5. The maximum atomic E-state index is 10.8. The fourth-order valence-electron chi connectivity index (χ4n) is 1.05. The van der Waals surface area contributed by atoms with E-state index in [0.29, 0.717) is 6.42 Å². The third kappa shape index (κ3) is 1.05. The molecule has 52 valence electrons. The summed E-state index contributed by atoms with van der Waals surface area (Å²) in [6.45, 7) is 0. The van der Waals surface area contributed by atoms with Crippen molar-refractivity contribution in [1.82, 2.24) is 4.90 Å². The summed E-state index contributed by atoms with van der Waals surface area (Å²) in [5.74, 6) is 0.182. The van der Waals surface area contributed by atoms with E-state index in [1.165, 1.54) is 0 Å². The van der Waals surface area contributed by atoms with E-state index in [4.69, 9.17) is 4.74 Å². The lowest BCUT2D eigenvalue weighted by molar-refractivity contribution is -0.132. The molecule has 1 amide bonds. The molecule has 0 aromatic heterocycles. The van der Waals surface area contributed by atoms with Crippen molar-refractivity contribution in [3.8, 4) is 0 Å². The number of carbonyl (C=O) groups is 1. The summed E-state index contributed by atoms with van der Waals surface area (Å²) in [6, 6.07) is 0. The second kappa shape index (κ2) is 2.35. The SMILES string of the molecule is CO[C@@H]1CCC(=O)N1C. The van der Waals surface area contributed by atoms with E-state index < -0.39 is 0 Å². The smallest absolute Gasteiger partial charge is 0.224 e. The Bertz CT molecular complexity index is 124. The lowest BCUT2D eigenvalue weighted by Crippen LogP contribution is -2.29. The van der Waals surface area contributed by atoms with Gasteiger partial charge in [0.05, 0.1) is 0 Å². The van der Waals surface area contributed by atoms with Crippen molar-refractivity contribution in [3.05, 3.63) is 0 Å². The summed E-state index contributed by atoms with van der Waals surface area (Å²) in [7, 11) is 3.39. The number of methoxy groups -OCH3 is 1. The number of ether oxygens (including phenoxy) is 1. The van der Waals surface area contributed by atoms with Crippen LogP contribution in [0.25, 0.3) is 0 Å². The van der Waals surface area contributed by atoms with Gasteiger partial charge in [0, 0.05) is 27.0 Å². The molecule has 3 nitrogen and oxygen atoms in total. The first kappa shape index (κ1) is 6.55. The molecule has 0 unspecified atom stereocenters. The maximum Gasteiger partial charge on any atom is 0.224 e. The van der Waals surface area contributed by atoms with Gasteiger partial charge in [-0.2, -0.15) is 0 Å². The van der Waals surface area contributed by atoms with E-state index in [-0.39, 0.29) is 12.1 Å². The monoisotopic (exact) mass is 129 g/mol. The Balaban J connectivity index is 2.51. The van der Waals surface area contributed by atoms with Gasteiger partial charge in [0.25, 0.3) is 0 Å². The van der Waals surface area contributed by atoms with Crippen LogP contribution in [0.5, 0.6) is 0 Å². The van der Waals surface area contributed by atoms with Crippen LogP contribution in [-0.4, -0.2) is 31.2 Å². The largest absolute Gasteiger partial charge is 0.362 e. The van der Waals surface area contributed by atoms with E-state index in [2.05, 4.69) is 0 Å². The number of hydrogen-bond donors (Lipinski definition) is 0. The summed E-state index contributed by atoms with van der Waals surface area (Å²) in [4.78, 5) is 12.4. The molecular weight excluding hydrogens is 118 g/mol. The third-order valence-electron chi connectivity index (χ3n) is 1.70. The molecule has 1 rings (SSSR count). The number of likely N-dealkylation sites (tertiary alicyclic amines) is 1. The maximum absolute atomic E-state index is 10.8. The average molecular weight is 129 g/mol. The van der Waals surface area contributed by atoms with Crippen molar-refractivity contribution in [1.29, 1.82) is 0 Å². The second-order valence-electron chi connectivity index (χ2n) is 2.23. The fourth-order valence-corrected chi connectivity index (χ4v) is 1.05. The molecule has 0 aromatic rings. The van der Waals surface area contributed by atoms with Crippen molar-refractivity contribution in [2.45, 2.75) is 19.1 Å². The molecule has 1 heterocycles. The van der Waals surface area contributed by atoms with Crippen LogP contribution in [-0.2, 0) is 9.53 Å². The van der Waals surface area contributed by atoms with Gasteiger partial charge in [-0.05, 0) is 0 Å². The van der Waals surface area contributed by atoms with Gasteiger partial charge in [-0.1, -0.05) is 0 Å². The Labute approximate surface area is 54.6 Å². The van der Waals surface area contributed by atoms with Crippen LogP contribution in [0.2, 0.25) is 0 Å². The Kier molecular flexibility index (Phi) is 1.71. The molecule has 0 spiro atoms. The Hall–Kier alpha value is -0.570. The Morgan fingerprint density at radius 3 is 2.67 bits per heavy atom. The molecular formula is C6H11NO2. The molecule has 3 heteroatoms. The summed E-state index contributed by atoms with van der Waals surface area (Å²) in [5, 5.41) is 0. The molecule has 1 fully saturated rings. The molecule has 0 N–H and O–H groups in total. The minimum Gasteiger partial charge on any atom is -0.362 e. The van der Waals surface area contributed by atoms with Crippen LogP contribution in [0.3, 0.4) is 0 Å². The van der Waals surface area contributed by atoms with Crippen molar-refractivity contribution in [2.24, 2.45) is 0 Å². The lowest BCUT2D eigenvalue weighted by Gasteiger charge is -2.16. The first-order valence-electron chi connectivity index (χ1n) is 3.04. The molecule has 0 saturated carbocycles. The molecule has 1 saturated heterocycles. The molecule has 0 radical (unpaired) electrons. The van der Waals surface area contributed by atoms with Gasteiger partial charge >= 0.3 is 0 Å². The molecule has 1 aliphatic rings. The molecule has 9 heavy (non-hydrogen) atoms. The van der Waals surface area contributed by atoms with E-state index in [1.807, 2.05) is 0 Å². The van der Waals surface area contributed by atoms with E-state index in [9.17, 15) is 4.79 Å². The topological polar surface area (TPSA) is 29.5 Å². The zero-order valence-corrected chi connectivity index (χ0v) is 5.76.